The van der Waals surface area contributed by atoms with Crippen LogP contribution in [0, 0.1) is 0 Å². The predicted molar refractivity (Wildman–Crippen MR) is 71.7 cm³/mol. The molecule has 0 bridgehead atoms. The van der Waals surface area contributed by atoms with E-state index in [1.165, 1.54) is 4.88 Å². The first-order valence-corrected chi connectivity index (χ1v) is 6.74. The Morgan fingerprint density at radius 2 is 2.12 bits per heavy atom. The van der Waals surface area contributed by atoms with E-state index in [-0.39, 0.29) is 6.61 Å². The van der Waals surface area contributed by atoms with Crippen molar-refractivity contribution in [3.8, 4) is 0 Å². The zero-order valence-electron chi connectivity index (χ0n) is 10.2. The van der Waals surface area contributed by atoms with Crippen LogP contribution in [0.5, 0.6) is 0 Å². The number of nitrogens with zero attached hydrogens (tertiary/aromatic N) is 2. The number of thiophene rings is 1. The standard InChI is InChI=1S/C12H17N3OS/c1-3-8-7-9-11(13-5-6-16)14-10(4-2)15-12(9)17-8/h7,16H,3-6H2,1-2H3,(H,13,14,15). The monoisotopic (exact) mass is 251 g/mol. The summed E-state index contributed by atoms with van der Waals surface area (Å²) in [5.74, 6) is 1.69. The Hall–Kier alpha value is -1.20. The highest BCUT2D eigenvalue weighted by Gasteiger charge is 2.10. The Bertz CT molecular complexity index is 510. The largest absolute Gasteiger partial charge is 0.395 e. The van der Waals surface area contributed by atoms with Crippen molar-refractivity contribution in [2.75, 3.05) is 18.5 Å². The van der Waals surface area contributed by atoms with Crippen molar-refractivity contribution in [1.29, 1.82) is 0 Å². The van der Waals surface area contributed by atoms with Crippen LogP contribution in [0.1, 0.15) is 24.5 Å². The molecule has 2 aromatic rings. The van der Waals surface area contributed by atoms with Crippen LogP contribution in [-0.2, 0) is 12.8 Å². The third-order valence-electron chi connectivity index (χ3n) is 2.56. The van der Waals surface area contributed by atoms with E-state index in [2.05, 4.69) is 28.3 Å². The van der Waals surface area contributed by atoms with Crippen LogP contribution < -0.4 is 5.32 Å². The minimum absolute atomic E-state index is 0.109. The zero-order chi connectivity index (χ0) is 12.3. The number of fused-ring (bicyclic) bond motifs is 1. The first kappa shape index (κ1) is 12.3. The zero-order valence-corrected chi connectivity index (χ0v) is 11.0. The van der Waals surface area contributed by atoms with Crippen molar-refractivity contribution in [3.05, 3.63) is 16.8 Å². The molecule has 17 heavy (non-hydrogen) atoms. The fourth-order valence-electron chi connectivity index (χ4n) is 1.66. The van der Waals surface area contributed by atoms with E-state index >= 15 is 0 Å². The molecule has 0 spiro atoms. The minimum Gasteiger partial charge on any atom is -0.395 e. The number of hydrogen-bond donors (Lipinski definition) is 2. The van der Waals surface area contributed by atoms with E-state index in [1.807, 2.05) is 6.92 Å². The highest BCUT2D eigenvalue weighted by Crippen LogP contribution is 2.29. The van der Waals surface area contributed by atoms with Gasteiger partial charge in [0.1, 0.15) is 16.5 Å². The first-order chi connectivity index (χ1) is 8.28. The maximum atomic E-state index is 8.87. The molecule has 0 amide bonds. The maximum absolute atomic E-state index is 8.87. The average Bonchev–Trinajstić information content (AvgIpc) is 2.78. The summed E-state index contributed by atoms with van der Waals surface area (Å²) in [6.45, 7) is 4.81. The van der Waals surface area contributed by atoms with Crippen molar-refractivity contribution in [2.24, 2.45) is 0 Å². The normalized spacial score (nSPS) is 11.0. The molecule has 0 aliphatic carbocycles. The van der Waals surface area contributed by atoms with Crippen molar-refractivity contribution in [1.82, 2.24) is 9.97 Å². The van der Waals surface area contributed by atoms with Gasteiger partial charge in [0.2, 0.25) is 0 Å². The summed E-state index contributed by atoms with van der Waals surface area (Å²) in [5.41, 5.74) is 0. The van der Waals surface area contributed by atoms with Gasteiger partial charge >= 0.3 is 0 Å². The van der Waals surface area contributed by atoms with E-state index in [1.54, 1.807) is 11.3 Å². The van der Waals surface area contributed by atoms with E-state index < -0.39 is 0 Å². The summed E-state index contributed by atoms with van der Waals surface area (Å²) in [4.78, 5) is 11.4. The Morgan fingerprint density at radius 3 is 2.76 bits per heavy atom. The van der Waals surface area contributed by atoms with Gasteiger partial charge < -0.3 is 10.4 Å². The highest BCUT2D eigenvalue weighted by atomic mass is 32.1. The molecule has 0 saturated carbocycles. The number of rotatable bonds is 5. The molecule has 0 saturated heterocycles. The summed E-state index contributed by atoms with van der Waals surface area (Å²) in [5, 5.41) is 13.1. The third kappa shape index (κ3) is 2.56. The van der Waals surface area contributed by atoms with Gasteiger partial charge in [0.15, 0.2) is 0 Å². The number of aryl methyl sites for hydroxylation is 2. The van der Waals surface area contributed by atoms with Crippen LogP contribution in [0.2, 0.25) is 0 Å². The predicted octanol–water partition coefficient (Wildman–Crippen LogP) is 2.22. The molecule has 2 rings (SSSR count). The molecular formula is C12H17N3OS. The van der Waals surface area contributed by atoms with Gasteiger partial charge in [-0.15, -0.1) is 11.3 Å². The van der Waals surface area contributed by atoms with E-state index in [0.29, 0.717) is 6.54 Å². The maximum Gasteiger partial charge on any atom is 0.138 e. The Balaban J connectivity index is 2.48. The number of aromatic nitrogens is 2. The number of aliphatic hydroxyl groups excluding tert-OH is 1. The number of hydrogen-bond acceptors (Lipinski definition) is 5. The Labute approximate surface area is 105 Å². The lowest BCUT2D eigenvalue weighted by molar-refractivity contribution is 0.311. The summed E-state index contributed by atoms with van der Waals surface area (Å²) >= 11 is 1.72. The second kappa shape index (κ2) is 5.42. The van der Waals surface area contributed by atoms with Crippen LogP contribution in [-0.4, -0.2) is 28.2 Å². The topological polar surface area (TPSA) is 58.0 Å². The summed E-state index contributed by atoms with van der Waals surface area (Å²) in [6.07, 6.45) is 1.84. The molecule has 2 N–H and O–H groups in total. The fraction of sp³-hybridized carbons (Fsp3) is 0.500. The van der Waals surface area contributed by atoms with Crippen LogP contribution in [0.4, 0.5) is 5.82 Å². The minimum atomic E-state index is 0.109. The molecule has 2 heterocycles. The van der Waals surface area contributed by atoms with Gasteiger partial charge in [-0.2, -0.15) is 0 Å². The van der Waals surface area contributed by atoms with Gasteiger partial charge in [0.05, 0.1) is 12.0 Å². The van der Waals surface area contributed by atoms with E-state index in [0.717, 1.165) is 34.7 Å². The average molecular weight is 251 g/mol. The summed E-state index contributed by atoms with van der Waals surface area (Å²) < 4.78 is 0. The number of nitrogens with one attached hydrogen (secondary N) is 1. The third-order valence-corrected chi connectivity index (χ3v) is 3.73. The molecule has 0 aliphatic rings. The first-order valence-electron chi connectivity index (χ1n) is 5.92. The smallest absolute Gasteiger partial charge is 0.138 e. The van der Waals surface area contributed by atoms with E-state index in [4.69, 9.17) is 5.11 Å². The summed E-state index contributed by atoms with van der Waals surface area (Å²) in [6, 6.07) is 2.14. The lowest BCUT2D eigenvalue weighted by Gasteiger charge is -2.06. The molecule has 2 aromatic heterocycles. The highest BCUT2D eigenvalue weighted by molar-refractivity contribution is 7.18. The molecule has 4 nitrogen and oxygen atoms in total. The van der Waals surface area contributed by atoms with Gasteiger partial charge in [-0.1, -0.05) is 13.8 Å². The van der Waals surface area contributed by atoms with Gasteiger partial charge in [0.25, 0.3) is 0 Å². The van der Waals surface area contributed by atoms with Gasteiger partial charge in [-0.05, 0) is 12.5 Å². The molecule has 5 heteroatoms. The van der Waals surface area contributed by atoms with Crippen LogP contribution in [0.3, 0.4) is 0 Å². The molecule has 0 atom stereocenters. The Morgan fingerprint density at radius 1 is 1.29 bits per heavy atom. The van der Waals surface area contributed by atoms with Crippen molar-refractivity contribution < 1.29 is 5.11 Å². The Kier molecular flexibility index (Phi) is 3.91. The molecule has 0 fully saturated rings. The second-order valence-electron chi connectivity index (χ2n) is 3.78. The summed E-state index contributed by atoms with van der Waals surface area (Å²) in [7, 11) is 0. The lowest BCUT2D eigenvalue weighted by Crippen LogP contribution is -2.08. The number of anilines is 1. The molecule has 0 unspecified atom stereocenters. The quantitative estimate of drug-likeness (QED) is 0.855. The van der Waals surface area contributed by atoms with Crippen molar-refractivity contribution in [3.63, 3.8) is 0 Å². The fourth-order valence-corrected chi connectivity index (χ4v) is 2.64. The molecule has 0 aromatic carbocycles. The lowest BCUT2D eigenvalue weighted by atomic mass is 10.3. The molecule has 92 valence electrons. The van der Waals surface area contributed by atoms with Crippen LogP contribution in [0.15, 0.2) is 6.07 Å². The SMILES string of the molecule is CCc1nc(NCCO)c2cc(CC)sc2n1. The number of aliphatic hydroxyl groups is 1. The van der Waals surface area contributed by atoms with Gasteiger partial charge in [-0.3, -0.25) is 0 Å². The molecule has 0 radical (unpaired) electrons. The van der Waals surface area contributed by atoms with Gasteiger partial charge in [-0.25, -0.2) is 9.97 Å². The van der Waals surface area contributed by atoms with E-state index in [9.17, 15) is 0 Å². The van der Waals surface area contributed by atoms with Gasteiger partial charge in [0, 0.05) is 17.8 Å². The van der Waals surface area contributed by atoms with Crippen LogP contribution in [0.25, 0.3) is 10.2 Å². The second-order valence-corrected chi connectivity index (χ2v) is 4.89. The molecular weight excluding hydrogens is 234 g/mol. The van der Waals surface area contributed by atoms with Crippen LogP contribution >= 0.6 is 11.3 Å². The molecule has 0 aliphatic heterocycles. The van der Waals surface area contributed by atoms with Crippen molar-refractivity contribution in [2.45, 2.75) is 26.7 Å². The van der Waals surface area contributed by atoms with Crippen molar-refractivity contribution >= 4 is 27.4 Å².